The summed E-state index contributed by atoms with van der Waals surface area (Å²) >= 11 is 0. The second kappa shape index (κ2) is 6.58. The second-order valence-corrected chi connectivity index (χ2v) is 3.60. The first-order valence-electron chi connectivity index (χ1n) is 5.41. The number of allylic oxidation sites excluding steroid dienone is 1. The molecule has 0 spiro atoms. The number of methoxy groups -OCH3 is 1. The summed E-state index contributed by atoms with van der Waals surface area (Å²) in [4.78, 5) is 0. The minimum atomic E-state index is 0.118. The summed E-state index contributed by atoms with van der Waals surface area (Å²) in [7, 11) is 1.60. The lowest BCUT2D eigenvalue weighted by molar-refractivity contribution is 0.302. The average molecular weight is 234 g/mol. The summed E-state index contributed by atoms with van der Waals surface area (Å²) in [5, 5.41) is 7.10. The van der Waals surface area contributed by atoms with E-state index in [0.29, 0.717) is 24.5 Å². The van der Waals surface area contributed by atoms with Crippen LogP contribution >= 0.6 is 0 Å². The molecule has 0 saturated carbocycles. The zero-order valence-corrected chi connectivity index (χ0v) is 10.0. The van der Waals surface area contributed by atoms with Crippen LogP contribution in [0, 0.1) is 5.41 Å². The Labute approximate surface area is 102 Å². The van der Waals surface area contributed by atoms with Gasteiger partial charge in [0.2, 0.25) is 0 Å². The van der Waals surface area contributed by atoms with Crippen LogP contribution in [0.4, 0.5) is 0 Å². The normalized spacial score (nSPS) is 9.71. The fraction of sp³-hybridized carbons (Fsp3) is 0.308. The zero-order valence-electron chi connectivity index (χ0n) is 10.0. The molecule has 0 bridgehead atoms. The van der Waals surface area contributed by atoms with Crippen LogP contribution < -0.4 is 15.2 Å². The second-order valence-electron chi connectivity index (χ2n) is 3.60. The third kappa shape index (κ3) is 4.18. The van der Waals surface area contributed by atoms with Gasteiger partial charge in [0.05, 0.1) is 19.6 Å². The molecule has 3 N–H and O–H groups in total. The number of rotatable bonds is 7. The van der Waals surface area contributed by atoms with Gasteiger partial charge in [-0.2, -0.15) is 0 Å². The van der Waals surface area contributed by atoms with E-state index < -0.39 is 0 Å². The fourth-order valence-corrected chi connectivity index (χ4v) is 1.40. The first-order chi connectivity index (χ1) is 8.17. The monoisotopic (exact) mass is 234 g/mol. The van der Waals surface area contributed by atoms with Crippen LogP contribution in [0.1, 0.15) is 12.0 Å². The number of nitrogens with two attached hydrogens (primary N) is 1. The number of benzene rings is 1. The Balaban J connectivity index is 2.70. The van der Waals surface area contributed by atoms with Crippen molar-refractivity contribution in [2.24, 2.45) is 5.73 Å². The van der Waals surface area contributed by atoms with Crippen molar-refractivity contribution >= 4 is 5.84 Å². The first kappa shape index (κ1) is 13.1. The minimum absolute atomic E-state index is 0.118. The van der Waals surface area contributed by atoms with E-state index >= 15 is 0 Å². The highest BCUT2D eigenvalue weighted by atomic mass is 16.5. The minimum Gasteiger partial charge on any atom is -0.493 e. The van der Waals surface area contributed by atoms with Gasteiger partial charge in [-0.3, -0.25) is 5.41 Å². The molecule has 0 aliphatic rings. The molecule has 0 atom stereocenters. The highest BCUT2D eigenvalue weighted by Gasteiger charge is 2.05. The summed E-state index contributed by atoms with van der Waals surface area (Å²) < 4.78 is 10.7. The number of amidine groups is 1. The van der Waals surface area contributed by atoms with Crippen LogP contribution in [0.15, 0.2) is 30.9 Å². The van der Waals surface area contributed by atoms with Crippen LogP contribution in [-0.2, 0) is 6.42 Å². The summed E-state index contributed by atoms with van der Waals surface area (Å²) in [6.45, 7) is 4.07. The fourth-order valence-electron chi connectivity index (χ4n) is 1.40. The molecular formula is C13H18N2O2. The molecule has 4 nitrogen and oxygen atoms in total. The Kier molecular flexibility index (Phi) is 5.07. The summed E-state index contributed by atoms with van der Waals surface area (Å²) in [5.74, 6) is 1.47. The van der Waals surface area contributed by atoms with E-state index in [1.165, 1.54) is 0 Å². The van der Waals surface area contributed by atoms with E-state index in [9.17, 15) is 0 Å². The van der Waals surface area contributed by atoms with Crippen molar-refractivity contribution in [2.45, 2.75) is 12.8 Å². The van der Waals surface area contributed by atoms with E-state index in [1.54, 1.807) is 7.11 Å². The Bertz CT molecular complexity index is 402. The van der Waals surface area contributed by atoms with Crippen molar-refractivity contribution in [2.75, 3.05) is 13.7 Å². The van der Waals surface area contributed by atoms with Gasteiger partial charge in [-0.05, 0) is 24.1 Å². The number of nitrogens with one attached hydrogen (secondary N) is 1. The van der Waals surface area contributed by atoms with E-state index in [1.807, 2.05) is 24.3 Å². The summed E-state index contributed by atoms with van der Waals surface area (Å²) in [5.41, 5.74) is 6.37. The smallest absolute Gasteiger partial charge is 0.161 e. The molecule has 0 heterocycles. The zero-order chi connectivity index (χ0) is 12.7. The van der Waals surface area contributed by atoms with Gasteiger partial charge in [-0.15, -0.1) is 6.58 Å². The number of hydrogen-bond donors (Lipinski definition) is 2. The lowest BCUT2D eigenvalue weighted by Gasteiger charge is -2.11. The summed E-state index contributed by atoms with van der Waals surface area (Å²) in [6, 6.07) is 5.75. The molecule has 0 amide bonds. The largest absolute Gasteiger partial charge is 0.493 e. The van der Waals surface area contributed by atoms with Gasteiger partial charge in [0.15, 0.2) is 11.5 Å². The lowest BCUT2D eigenvalue weighted by Crippen LogP contribution is -2.14. The molecule has 0 saturated heterocycles. The maximum Gasteiger partial charge on any atom is 0.161 e. The third-order valence-electron chi connectivity index (χ3n) is 2.24. The third-order valence-corrected chi connectivity index (χ3v) is 2.24. The van der Waals surface area contributed by atoms with Crippen molar-refractivity contribution in [1.82, 2.24) is 0 Å². The maximum atomic E-state index is 7.10. The molecule has 0 unspecified atom stereocenters. The molecule has 1 aromatic rings. The highest BCUT2D eigenvalue weighted by molar-refractivity contribution is 5.76. The van der Waals surface area contributed by atoms with Crippen molar-refractivity contribution in [3.8, 4) is 11.5 Å². The Morgan fingerprint density at radius 3 is 2.82 bits per heavy atom. The molecule has 17 heavy (non-hydrogen) atoms. The van der Waals surface area contributed by atoms with Crippen molar-refractivity contribution in [3.05, 3.63) is 36.4 Å². The molecular weight excluding hydrogens is 216 g/mol. The standard InChI is InChI=1S/C13H18N2O2/c1-3-4-10-5-6-11(12(9-10)16-2)17-8-7-13(14)15/h3,5-6,9H,1,4,7-8H2,2H3,(H3,14,15). The van der Waals surface area contributed by atoms with Crippen LogP contribution in [0.3, 0.4) is 0 Å². The van der Waals surface area contributed by atoms with Gasteiger partial charge in [0, 0.05) is 6.42 Å². The highest BCUT2D eigenvalue weighted by Crippen LogP contribution is 2.28. The van der Waals surface area contributed by atoms with Gasteiger partial charge in [-0.1, -0.05) is 12.1 Å². The van der Waals surface area contributed by atoms with E-state index in [2.05, 4.69) is 6.58 Å². The number of hydrogen-bond acceptors (Lipinski definition) is 3. The Morgan fingerprint density at radius 1 is 1.47 bits per heavy atom. The first-order valence-corrected chi connectivity index (χ1v) is 5.41. The van der Waals surface area contributed by atoms with Crippen molar-refractivity contribution < 1.29 is 9.47 Å². The van der Waals surface area contributed by atoms with Gasteiger partial charge < -0.3 is 15.2 Å². The topological polar surface area (TPSA) is 68.3 Å². The van der Waals surface area contributed by atoms with Crippen LogP contribution in [0.25, 0.3) is 0 Å². The van der Waals surface area contributed by atoms with Gasteiger partial charge in [-0.25, -0.2) is 0 Å². The van der Waals surface area contributed by atoms with Crippen LogP contribution in [-0.4, -0.2) is 19.6 Å². The van der Waals surface area contributed by atoms with Crippen LogP contribution in [0.2, 0.25) is 0 Å². The molecule has 1 aromatic carbocycles. The predicted molar refractivity (Wildman–Crippen MR) is 68.9 cm³/mol. The lowest BCUT2D eigenvalue weighted by atomic mass is 10.1. The van der Waals surface area contributed by atoms with Crippen molar-refractivity contribution in [1.29, 1.82) is 5.41 Å². The quantitative estimate of drug-likeness (QED) is 0.431. The molecule has 0 radical (unpaired) electrons. The average Bonchev–Trinajstić information content (AvgIpc) is 2.30. The Morgan fingerprint density at radius 2 is 2.24 bits per heavy atom. The SMILES string of the molecule is C=CCc1ccc(OCCC(=N)N)c(OC)c1. The van der Waals surface area contributed by atoms with Gasteiger partial charge in [0.1, 0.15) is 0 Å². The Hall–Kier alpha value is -1.97. The molecule has 0 aliphatic carbocycles. The molecule has 92 valence electrons. The molecule has 0 aromatic heterocycles. The van der Waals surface area contributed by atoms with E-state index in [-0.39, 0.29) is 5.84 Å². The van der Waals surface area contributed by atoms with Gasteiger partial charge >= 0.3 is 0 Å². The van der Waals surface area contributed by atoms with Crippen molar-refractivity contribution in [3.63, 3.8) is 0 Å². The van der Waals surface area contributed by atoms with Gasteiger partial charge in [0.25, 0.3) is 0 Å². The predicted octanol–water partition coefficient (Wildman–Crippen LogP) is 2.13. The maximum absolute atomic E-state index is 7.10. The van der Waals surface area contributed by atoms with E-state index in [4.69, 9.17) is 20.6 Å². The summed E-state index contributed by atoms with van der Waals surface area (Å²) in [6.07, 6.45) is 3.05. The molecule has 0 aliphatic heterocycles. The number of ether oxygens (including phenoxy) is 2. The molecule has 4 heteroatoms. The van der Waals surface area contributed by atoms with E-state index in [0.717, 1.165) is 12.0 Å². The molecule has 1 rings (SSSR count). The molecule has 0 fully saturated rings. The van der Waals surface area contributed by atoms with Crippen LogP contribution in [0.5, 0.6) is 11.5 Å².